The minimum Gasteiger partial charge on any atom is -0.310 e. The van der Waals surface area contributed by atoms with Crippen molar-refractivity contribution < 1.29 is 0 Å². The summed E-state index contributed by atoms with van der Waals surface area (Å²) in [5.74, 6) is 0. The highest BCUT2D eigenvalue weighted by Gasteiger charge is 2.20. The fourth-order valence-electron chi connectivity index (χ4n) is 9.52. The summed E-state index contributed by atoms with van der Waals surface area (Å²) in [6, 6.07) is 95.1. The molecule has 66 heavy (non-hydrogen) atoms. The van der Waals surface area contributed by atoms with E-state index in [1.54, 1.807) is 0 Å². The summed E-state index contributed by atoms with van der Waals surface area (Å²) < 4.78 is 2.64. The third-order valence-electron chi connectivity index (χ3n) is 12.9. The van der Waals surface area contributed by atoms with E-state index in [4.69, 9.17) is 0 Å². The third-order valence-corrected chi connectivity index (χ3v) is 14.0. The molecule has 2 heteroatoms. The molecule has 11 aromatic carbocycles. The average Bonchev–Trinajstić information content (AvgIpc) is 3.78. The summed E-state index contributed by atoms with van der Waals surface area (Å²) in [4.78, 5) is 2.41. The molecule has 0 aliphatic carbocycles. The molecule has 0 radical (unpaired) electrons. The minimum atomic E-state index is 1.09. The van der Waals surface area contributed by atoms with Crippen LogP contribution >= 0.6 is 11.3 Å². The van der Waals surface area contributed by atoms with E-state index in [0.29, 0.717) is 0 Å². The summed E-state index contributed by atoms with van der Waals surface area (Å²) in [5.41, 5.74) is 17.7. The fourth-order valence-corrected chi connectivity index (χ4v) is 10.7. The molecule has 0 unspecified atom stereocenters. The largest absolute Gasteiger partial charge is 0.310 e. The number of rotatable bonds is 9. The van der Waals surface area contributed by atoms with Gasteiger partial charge in [0.15, 0.2) is 0 Å². The Balaban J connectivity index is 0.896. The van der Waals surface area contributed by atoms with E-state index in [1.807, 2.05) is 11.3 Å². The van der Waals surface area contributed by atoms with Crippen LogP contribution in [0, 0.1) is 0 Å². The standard InChI is InChI=1S/C64H43NS/c1-2-14-49(15-3-1)57-19-6-7-20-58(57)59-21-8-10-23-62(59)65(56-38-33-48(34-39-56)54-35-40-61-60-22-9-11-24-63(60)66-64(61)43-54)55-36-31-46(32-37-55)45-25-27-47(28-26-45)51-17-12-18-52(41-51)53-30-29-44-13-4-5-16-50(44)42-53/h1-43H. The Morgan fingerprint density at radius 2 is 0.712 bits per heavy atom. The lowest BCUT2D eigenvalue weighted by molar-refractivity contribution is 1.28. The van der Waals surface area contributed by atoms with Crippen molar-refractivity contribution >= 4 is 59.3 Å². The second-order valence-electron chi connectivity index (χ2n) is 16.9. The molecule has 310 valence electrons. The van der Waals surface area contributed by atoms with Gasteiger partial charge >= 0.3 is 0 Å². The molecule has 0 bridgehead atoms. The average molecular weight is 858 g/mol. The summed E-state index contributed by atoms with van der Waals surface area (Å²) >= 11 is 1.86. The summed E-state index contributed by atoms with van der Waals surface area (Å²) in [5, 5.41) is 5.15. The zero-order chi connectivity index (χ0) is 43.8. The molecular weight excluding hydrogens is 815 g/mol. The molecule has 1 aromatic heterocycles. The van der Waals surface area contributed by atoms with Crippen molar-refractivity contribution in [3.05, 3.63) is 261 Å². The molecule has 0 spiro atoms. The molecule has 0 atom stereocenters. The molecule has 0 amide bonds. The van der Waals surface area contributed by atoms with Crippen molar-refractivity contribution in [1.29, 1.82) is 0 Å². The molecular formula is C64H43NS. The maximum Gasteiger partial charge on any atom is 0.0540 e. The first-order valence-corrected chi connectivity index (χ1v) is 23.4. The van der Waals surface area contributed by atoms with Crippen LogP contribution in [0.15, 0.2) is 261 Å². The van der Waals surface area contributed by atoms with E-state index in [9.17, 15) is 0 Å². The van der Waals surface area contributed by atoms with Gasteiger partial charge in [-0.15, -0.1) is 11.3 Å². The predicted octanol–water partition coefficient (Wildman–Crippen LogP) is 18.7. The zero-order valence-corrected chi connectivity index (χ0v) is 37.0. The zero-order valence-electron chi connectivity index (χ0n) is 36.2. The van der Waals surface area contributed by atoms with Crippen LogP contribution in [0.1, 0.15) is 0 Å². The maximum atomic E-state index is 2.41. The Labute approximate surface area is 389 Å². The van der Waals surface area contributed by atoms with E-state index in [1.165, 1.54) is 97.7 Å². The number of benzene rings is 11. The first-order chi connectivity index (χ1) is 32.7. The van der Waals surface area contributed by atoms with Crippen LogP contribution < -0.4 is 4.90 Å². The topological polar surface area (TPSA) is 3.24 Å². The van der Waals surface area contributed by atoms with Gasteiger partial charge in [-0.05, 0) is 127 Å². The third kappa shape index (κ3) is 7.44. The van der Waals surface area contributed by atoms with Crippen LogP contribution in [-0.2, 0) is 0 Å². The monoisotopic (exact) mass is 857 g/mol. The summed E-state index contributed by atoms with van der Waals surface area (Å²) in [7, 11) is 0. The second-order valence-corrected chi connectivity index (χ2v) is 18.0. The van der Waals surface area contributed by atoms with E-state index in [0.717, 1.165) is 17.1 Å². The van der Waals surface area contributed by atoms with Gasteiger partial charge in [-0.2, -0.15) is 0 Å². The predicted molar refractivity (Wildman–Crippen MR) is 284 cm³/mol. The number of anilines is 3. The highest BCUT2D eigenvalue weighted by atomic mass is 32.1. The van der Waals surface area contributed by atoms with Crippen LogP contribution in [0.2, 0.25) is 0 Å². The van der Waals surface area contributed by atoms with E-state index >= 15 is 0 Å². The van der Waals surface area contributed by atoms with Crippen molar-refractivity contribution in [2.24, 2.45) is 0 Å². The highest BCUT2D eigenvalue weighted by Crippen LogP contribution is 2.45. The van der Waals surface area contributed by atoms with Gasteiger partial charge in [0.2, 0.25) is 0 Å². The molecule has 12 rings (SSSR count). The van der Waals surface area contributed by atoms with Gasteiger partial charge < -0.3 is 4.90 Å². The van der Waals surface area contributed by atoms with Crippen molar-refractivity contribution in [2.45, 2.75) is 0 Å². The van der Waals surface area contributed by atoms with E-state index in [-0.39, 0.29) is 0 Å². The van der Waals surface area contributed by atoms with Gasteiger partial charge in [0.1, 0.15) is 0 Å². The van der Waals surface area contributed by atoms with Crippen LogP contribution in [0.4, 0.5) is 17.1 Å². The minimum absolute atomic E-state index is 1.09. The lowest BCUT2D eigenvalue weighted by atomic mass is 9.93. The molecule has 1 heterocycles. The Morgan fingerprint density at radius 1 is 0.242 bits per heavy atom. The number of para-hydroxylation sites is 1. The first kappa shape index (κ1) is 39.3. The van der Waals surface area contributed by atoms with Gasteiger partial charge in [-0.25, -0.2) is 0 Å². The van der Waals surface area contributed by atoms with Crippen molar-refractivity contribution in [3.8, 4) is 66.8 Å². The van der Waals surface area contributed by atoms with E-state index in [2.05, 4.69) is 266 Å². The lowest BCUT2D eigenvalue weighted by Gasteiger charge is -2.29. The number of hydrogen-bond acceptors (Lipinski definition) is 2. The van der Waals surface area contributed by atoms with Gasteiger partial charge in [0.05, 0.1) is 5.69 Å². The Bertz CT molecular complexity index is 3680. The van der Waals surface area contributed by atoms with Crippen LogP contribution in [0.3, 0.4) is 0 Å². The SMILES string of the molecule is c1ccc(-c2ccccc2-c2ccccc2N(c2ccc(-c3ccc(-c4cccc(-c5ccc6ccccc6c5)c4)cc3)cc2)c2ccc(-c3ccc4c(c3)sc3ccccc34)cc2)cc1. The number of nitrogens with zero attached hydrogens (tertiary/aromatic N) is 1. The molecule has 0 fully saturated rings. The molecule has 0 N–H and O–H groups in total. The normalized spacial score (nSPS) is 11.3. The molecule has 0 saturated heterocycles. The van der Waals surface area contributed by atoms with Crippen LogP contribution in [0.25, 0.3) is 97.7 Å². The maximum absolute atomic E-state index is 2.41. The summed E-state index contributed by atoms with van der Waals surface area (Å²) in [6.07, 6.45) is 0. The van der Waals surface area contributed by atoms with Crippen LogP contribution in [0.5, 0.6) is 0 Å². The first-order valence-electron chi connectivity index (χ1n) is 22.6. The Kier molecular flexibility index (Phi) is 10.1. The van der Waals surface area contributed by atoms with Crippen molar-refractivity contribution in [2.75, 3.05) is 4.90 Å². The number of thiophene rings is 1. The van der Waals surface area contributed by atoms with Crippen molar-refractivity contribution in [1.82, 2.24) is 0 Å². The fraction of sp³-hybridized carbons (Fsp3) is 0. The Hall–Kier alpha value is -8.30. The Morgan fingerprint density at radius 3 is 1.44 bits per heavy atom. The van der Waals surface area contributed by atoms with Gasteiger partial charge in [-0.3, -0.25) is 0 Å². The number of fused-ring (bicyclic) bond motifs is 4. The lowest BCUT2D eigenvalue weighted by Crippen LogP contribution is -2.11. The molecule has 0 saturated carbocycles. The molecule has 0 aliphatic heterocycles. The highest BCUT2D eigenvalue weighted by molar-refractivity contribution is 7.25. The molecule has 12 aromatic rings. The molecule has 1 nitrogen and oxygen atoms in total. The number of hydrogen-bond donors (Lipinski definition) is 0. The van der Waals surface area contributed by atoms with Crippen LogP contribution in [-0.4, -0.2) is 0 Å². The summed E-state index contributed by atoms with van der Waals surface area (Å²) in [6.45, 7) is 0. The quantitative estimate of drug-likeness (QED) is 0.140. The van der Waals surface area contributed by atoms with Crippen molar-refractivity contribution in [3.63, 3.8) is 0 Å². The van der Waals surface area contributed by atoms with Gasteiger partial charge in [-0.1, -0.05) is 206 Å². The van der Waals surface area contributed by atoms with Gasteiger partial charge in [0.25, 0.3) is 0 Å². The smallest absolute Gasteiger partial charge is 0.0540 e. The second kappa shape index (κ2) is 17.0. The molecule has 0 aliphatic rings. The van der Waals surface area contributed by atoms with Gasteiger partial charge in [0, 0.05) is 37.1 Å². The van der Waals surface area contributed by atoms with E-state index < -0.39 is 0 Å².